The van der Waals surface area contributed by atoms with Gasteiger partial charge >= 0.3 is 0 Å². The summed E-state index contributed by atoms with van der Waals surface area (Å²) in [6.07, 6.45) is 3.31. The number of halogens is 1. The van der Waals surface area contributed by atoms with Crippen LogP contribution in [-0.4, -0.2) is 28.9 Å². The summed E-state index contributed by atoms with van der Waals surface area (Å²) >= 11 is 6.30. The molecular weight excluding hydrogens is 452 g/mol. The van der Waals surface area contributed by atoms with Crippen LogP contribution < -0.4 is 11.1 Å². The van der Waals surface area contributed by atoms with E-state index in [1.807, 2.05) is 42.5 Å². The molecule has 168 valence electrons. The molecule has 0 spiro atoms. The maximum atomic E-state index is 13.7. The minimum atomic E-state index is -0.427. The number of hydrogen-bond donors (Lipinski definition) is 0. The Morgan fingerprint density at radius 2 is 1.76 bits per heavy atom. The Labute approximate surface area is 199 Å². The van der Waals surface area contributed by atoms with Gasteiger partial charge in [0.1, 0.15) is 5.52 Å². The van der Waals surface area contributed by atoms with Crippen LogP contribution in [0.5, 0.6) is 0 Å². The van der Waals surface area contributed by atoms with E-state index in [1.54, 1.807) is 25.4 Å². The van der Waals surface area contributed by atoms with Crippen LogP contribution in [0, 0.1) is 11.8 Å². The summed E-state index contributed by atoms with van der Waals surface area (Å²) in [6, 6.07) is 15.1. The predicted octanol–water partition coefficient (Wildman–Crippen LogP) is 3.08. The van der Waals surface area contributed by atoms with E-state index < -0.39 is 11.1 Å². The van der Waals surface area contributed by atoms with Crippen LogP contribution in [0.4, 0.5) is 0 Å². The molecule has 4 heterocycles. The molecule has 34 heavy (non-hydrogen) atoms. The van der Waals surface area contributed by atoms with E-state index in [9.17, 15) is 9.59 Å². The Morgan fingerprint density at radius 1 is 0.941 bits per heavy atom. The maximum Gasteiger partial charge on any atom is 0.293 e. The fraction of sp³-hybridized carbons (Fsp3) is 0.160. The first kappa shape index (κ1) is 21.6. The second kappa shape index (κ2) is 8.96. The van der Waals surface area contributed by atoms with Crippen molar-refractivity contribution in [2.45, 2.75) is 26.6 Å². The minimum absolute atomic E-state index is 0.0134. The van der Waals surface area contributed by atoms with Gasteiger partial charge in [0.05, 0.1) is 30.8 Å². The zero-order valence-electron chi connectivity index (χ0n) is 18.3. The summed E-state index contributed by atoms with van der Waals surface area (Å²) in [5, 5.41) is 1.03. The lowest BCUT2D eigenvalue weighted by Crippen LogP contribution is -2.40. The number of aromatic nitrogens is 6. The van der Waals surface area contributed by atoms with Crippen molar-refractivity contribution < 1.29 is 0 Å². The molecule has 0 aliphatic heterocycles. The number of pyridine rings is 2. The molecule has 0 bridgehead atoms. The van der Waals surface area contributed by atoms with Crippen LogP contribution in [0.3, 0.4) is 0 Å². The third-order valence-corrected chi connectivity index (χ3v) is 5.81. The quantitative estimate of drug-likeness (QED) is 0.368. The topological polar surface area (TPSA) is 87.6 Å². The fourth-order valence-electron chi connectivity index (χ4n) is 3.89. The molecule has 0 aliphatic rings. The van der Waals surface area contributed by atoms with Crippen molar-refractivity contribution in [1.29, 1.82) is 0 Å². The summed E-state index contributed by atoms with van der Waals surface area (Å²) in [7, 11) is 0. The zero-order valence-corrected chi connectivity index (χ0v) is 19.0. The second-order valence-electron chi connectivity index (χ2n) is 7.67. The van der Waals surface area contributed by atoms with Crippen LogP contribution >= 0.6 is 11.6 Å². The number of para-hydroxylation sites is 1. The van der Waals surface area contributed by atoms with Crippen molar-refractivity contribution in [2.24, 2.45) is 0 Å². The van der Waals surface area contributed by atoms with E-state index in [2.05, 4.69) is 26.8 Å². The van der Waals surface area contributed by atoms with Gasteiger partial charge in [0.15, 0.2) is 5.52 Å². The molecule has 0 unspecified atom stereocenters. The molecule has 0 amide bonds. The van der Waals surface area contributed by atoms with E-state index in [-0.39, 0.29) is 36.0 Å². The Bertz CT molecular complexity index is 1710. The van der Waals surface area contributed by atoms with Gasteiger partial charge in [0.2, 0.25) is 5.28 Å². The largest absolute Gasteiger partial charge is 0.298 e. The fourth-order valence-corrected chi connectivity index (χ4v) is 4.12. The Morgan fingerprint density at radius 3 is 2.56 bits per heavy atom. The number of hydrogen-bond acceptors (Lipinski definition) is 5. The molecule has 0 fully saturated rings. The van der Waals surface area contributed by atoms with Crippen LogP contribution in [-0.2, 0) is 19.6 Å². The van der Waals surface area contributed by atoms with Crippen LogP contribution in [0.2, 0.25) is 5.28 Å². The van der Waals surface area contributed by atoms with Crippen LogP contribution in [0.25, 0.3) is 21.9 Å². The third-order valence-electron chi connectivity index (χ3n) is 5.52. The standard InChI is InChI=1S/C25H19ClN6O2/c1-2-3-13-30-22-21(29-25(30)26)23(33)31(15-17-7-6-12-27-14-17)32(24(22)34)16-19-11-10-18-8-4-5-9-20(18)28-19/h4-12,14H,13,15-16H2,1H3. The molecular formula is C25H19ClN6O2. The molecule has 0 saturated heterocycles. The van der Waals surface area contributed by atoms with E-state index in [1.165, 1.54) is 13.9 Å². The van der Waals surface area contributed by atoms with E-state index >= 15 is 0 Å². The van der Waals surface area contributed by atoms with Gasteiger partial charge in [-0.15, -0.1) is 5.92 Å². The molecule has 5 rings (SSSR count). The first-order chi connectivity index (χ1) is 16.6. The molecule has 4 aromatic heterocycles. The average Bonchev–Trinajstić information content (AvgIpc) is 3.20. The van der Waals surface area contributed by atoms with Gasteiger partial charge in [0, 0.05) is 17.8 Å². The van der Waals surface area contributed by atoms with Gasteiger partial charge in [-0.1, -0.05) is 36.3 Å². The lowest BCUT2D eigenvalue weighted by Gasteiger charge is -2.16. The van der Waals surface area contributed by atoms with Crippen molar-refractivity contribution >= 4 is 33.5 Å². The zero-order chi connectivity index (χ0) is 23.7. The Kier molecular flexibility index (Phi) is 5.70. The van der Waals surface area contributed by atoms with Crippen molar-refractivity contribution in [2.75, 3.05) is 0 Å². The van der Waals surface area contributed by atoms with Gasteiger partial charge in [0.25, 0.3) is 11.1 Å². The highest BCUT2D eigenvalue weighted by Gasteiger charge is 2.21. The average molecular weight is 471 g/mol. The minimum Gasteiger partial charge on any atom is -0.298 e. The number of rotatable bonds is 5. The van der Waals surface area contributed by atoms with E-state index in [4.69, 9.17) is 11.6 Å². The number of fused-ring (bicyclic) bond motifs is 2. The summed E-state index contributed by atoms with van der Waals surface area (Å²) in [4.78, 5) is 40.3. The van der Waals surface area contributed by atoms with Crippen molar-refractivity contribution in [3.05, 3.63) is 98.2 Å². The summed E-state index contributed by atoms with van der Waals surface area (Å²) in [6.45, 7) is 2.08. The lowest BCUT2D eigenvalue weighted by atomic mass is 10.2. The molecule has 0 radical (unpaired) electrons. The summed E-state index contributed by atoms with van der Waals surface area (Å²) in [5.41, 5.74) is 1.54. The van der Waals surface area contributed by atoms with Crippen molar-refractivity contribution in [1.82, 2.24) is 28.9 Å². The number of benzene rings is 1. The van der Waals surface area contributed by atoms with Gasteiger partial charge < -0.3 is 0 Å². The summed E-state index contributed by atoms with van der Waals surface area (Å²) < 4.78 is 4.23. The molecule has 5 aromatic rings. The van der Waals surface area contributed by atoms with E-state index in [0.717, 1.165) is 16.5 Å². The number of imidazole rings is 1. The molecule has 0 aliphatic carbocycles. The molecule has 1 aromatic carbocycles. The van der Waals surface area contributed by atoms with Gasteiger partial charge in [-0.05, 0) is 42.3 Å². The van der Waals surface area contributed by atoms with Crippen molar-refractivity contribution in [3.8, 4) is 11.8 Å². The summed E-state index contributed by atoms with van der Waals surface area (Å²) in [5.74, 6) is 5.67. The van der Waals surface area contributed by atoms with Crippen LogP contribution in [0.15, 0.2) is 70.5 Å². The SMILES string of the molecule is CC#CCn1c(Cl)nc2c(=O)n(Cc3cccnc3)n(Cc3ccc4ccccc4n3)c(=O)c21. The van der Waals surface area contributed by atoms with Gasteiger partial charge in [-0.3, -0.25) is 24.1 Å². The highest BCUT2D eigenvalue weighted by Crippen LogP contribution is 2.16. The highest BCUT2D eigenvalue weighted by molar-refractivity contribution is 6.29. The second-order valence-corrected chi connectivity index (χ2v) is 8.01. The van der Waals surface area contributed by atoms with Crippen molar-refractivity contribution in [3.63, 3.8) is 0 Å². The first-order valence-electron chi connectivity index (χ1n) is 10.6. The molecule has 9 heteroatoms. The van der Waals surface area contributed by atoms with Gasteiger partial charge in [-0.25, -0.2) is 14.3 Å². The highest BCUT2D eigenvalue weighted by atomic mass is 35.5. The van der Waals surface area contributed by atoms with Gasteiger partial charge in [-0.2, -0.15) is 0 Å². The predicted molar refractivity (Wildman–Crippen MR) is 131 cm³/mol. The lowest BCUT2D eigenvalue weighted by molar-refractivity contribution is 0.466. The molecule has 0 atom stereocenters. The Balaban J connectivity index is 1.74. The first-order valence-corrected chi connectivity index (χ1v) is 11.0. The molecule has 0 saturated carbocycles. The van der Waals surface area contributed by atoms with E-state index in [0.29, 0.717) is 5.69 Å². The Hall–Kier alpha value is -4.22. The molecule has 0 N–H and O–H groups in total. The monoisotopic (exact) mass is 470 g/mol. The van der Waals surface area contributed by atoms with Crippen LogP contribution in [0.1, 0.15) is 18.2 Å². The smallest absolute Gasteiger partial charge is 0.293 e. The normalized spacial score (nSPS) is 11.0. The maximum absolute atomic E-state index is 13.7. The molecule has 8 nitrogen and oxygen atoms in total. The number of nitrogens with zero attached hydrogens (tertiary/aromatic N) is 6. The third kappa shape index (κ3) is 3.87.